The third-order valence-corrected chi connectivity index (χ3v) is 15.1. The van der Waals surface area contributed by atoms with Gasteiger partial charge < -0.3 is 18.9 Å². The van der Waals surface area contributed by atoms with Crippen molar-refractivity contribution in [1.29, 1.82) is 0 Å². The van der Waals surface area contributed by atoms with Gasteiger partial charge in [-0.25, -0.2) is 0 Å². The van der Waals surface area contributed by atoms with Crippen LogP contribution < -0.4 is 18.9 Å². The van der Waals surface area contributed by atoms with Gasteiger partial charge in [-0.1, -0.05) is 196 Å². The summed E-state index contributed by atoms with van der Waals surface area (Å²) in [7, 11) is 3.42. The van der Waals surface area contributed by atoms with Gasteiger partial charge in [-0.05, 0) is 156 Å². The number of fused-ring (bicyclic) bond motifs is 6. The number of methoxy groups -OCH3 is 2. The number of hydrogen-bond donors (Lipinski definition) is 0. The van der Waals surface area contributed by atoms with Gasteiger partial charge in [0.2, 0.25) is 0 Å². The molecule has 8 aromatic rings. The number of hydrogen-bond acceptors (Lipinski definition) is 4. The number of aryl methyl sites for hydroxylation is 4. The minimum atomic E-state index is -0.415. The van der Waals surface area contributed by atoms with Gasteiger partial charge in [0.25, 0.3) is 0 Å². The largest absolute Gasteiger partial charge is 0.497 e. The average Bonchev–Trinajstić information content (AvgIpc) is 3.85. The van der Waals surface area contributed by atoms with Crippen LogP contribution in [0.3, 0.4) is 0 Å². The van der Waals surface area contributed by atoms with E-state index in [9.17, 15) is 0 Å². The van der Waals surface area contributed by atoms with E-state index in [2.05, 4.69) is 211 Å². The van der Waals surface area contributed by atoms with Crippen LogP contribution in [0.2, 0.25) is 0 Å². The Morgan fingerprint density at radius 1 is 0.306 bits per heavy atom. The molecule has 0 heterocycles. The van der Waals surface area contributed by atoms with Crippen molar-refractivity contribution in [3.05, 3.63) is 237 Å². The molecule has 2 aliphatic carbocycles. The zero-order chi connectivity index (χ0) is 50.2. The van der Waals surface area contributed by atoms with Crippen LogP contribution >= 0.6 is 0 Å². The summed E-state index contributed by atoms with van der Waals surface area (Å²) in [6.07, 6.45) is 9.67. The molecule has 0 aliphatic heterocycles. The third-order valence-electron chi connectivity index (χ3n) is 15.1. The van der Waals surface area contributed by atoms with Crippen LogP contribution in [-0.4, -0.2) is 27.4 Å². The van der Waals surface area contributed by atoms with E-state index in [1.54, 1.807) is 14.2 Å². The van der Waals surface area contributed by atoms with E-state index >= 15 is 0 Å². The Morgan fingerprint density at radius 3 is 0.819 bits per heavy atom. The Kier molecular flexibility index (Phi) is 15.4. The Hall–Kier alpha value is -7.04. The van der Waals surface area contributed by atoms with E-state index < -0.39 is 10.8 Å². The molecule has 0 N–H and O–H groups in total. The van der Waals surface area contributed by atoms with Crippen LogP contribution in [0, 0.1) is 27.7 Å². The number of benzene rings is 8. The molecule has 4 nitrogen and oxygen atoms in total. The summed E-state index contributed by atoms with van der Waals surface area (Å²) in [6.45, 7) is 14.8. The van der Waals surface area contributed by atoms with Crippen molar-refractivity contribution >= 4 is 0 Å². The topological polar surface area (TPSA) is 36.9 Å². The molecule has 0 unspecified atom stereocenters. The van der Waals surface area contributed by atoms with E-state index in [4.69, 9.17) is 18.9 Å². The van der Waals surface area contributed by atoms with Crippen molar-refractivity contribution in [2.24, 2.45) is 0 Å². The maximum Gasteiger partial charge on any atom is 0.119 e. The molecule has 368 valence electrons. The standard InChI is InChI=1S/C39H46O2.C29H26O2/c1-5-7-9-11-25-40-33-19-15-31(16-20-33)39(32-17-21-34(22-18-32)41-26-12-10-8-6-2)37-27-29(3)13-23-35(37)36-24-14-30(4)28-38(36)39;1-19-5-15-25-26-16-6-20(2)18-28(26)29(27(25)17-19,21-7-11-23(30-3)12-8-21)22-9-13-24(31-4)14-10-22/h13-24,27-28H,5-12,25-26H2,1-4H3;5-18H,1-4H3. The normalized spacial score (nSPS) is 13.2. The molecule has 72 heavy (non-hydrogen) atoms. The molecule has 10 rings (SSSR count). The Bertz CT molecular complexity index is 2880. The summed E-state index contributed by atoms with van der Waals surface area (Å²) in [5, 5.41) is 0. The number of unbranched alkanes of at least 4 members (excludes halogenated alkanes) is 6. The van der Waals surface area contributed by atoms with Crippen LogP contribution in [0.1, 0.15) is 132 Å². The summed E-state index contributed by atoms with van der Waals surface area (Å²) in [5.74, 6) is 3.61. The van der Waals surface area contributed by atoms with Crippen LogP contribution in [0.15, 0.2) is 170 Å². The highest BCUT2D eigenvalue weighted by atomic mass is 16.5. The Morgan fingerprint density at radius 2 is 0.569 bits per heavy atom. The summed E-state index contributed by atoms with van der Waals surface area (Å²) >= 11 is 0. The van der Waals surface area contributed by atoms with Crippen molar-refractivity contribution in [3.63, 3.8) is 0 Å². The lowest BCUT2D eigenvalue weighted by Gasteiger charge is -2.34. The molecular formula is C68H72O4. The van der Waals surface area contributed by atoms with Crippen molar-refractivity contribution in [2.75, 3.05) is 27.4 Å². The fraction of sp³-hybridized carbons (Fsp3) is 0.294. The molecule has 0 fully saturated rings. The van der Waals surface area contributed by atoms with Crippen LogP contribution in [0.25, 0.3) is 22.3 Å². The summed E-state index contributed by atoms with van der Waals surface area (Å²) < 4.78 is 23.2. The van der Waals surface area contributed by atoms with E-state index in [-0.39, 0.29) is 0 Å². The lowest BCUT2D eigenvalue weighted by atomic mass is 9.67. The third kappa shape index (κ3) is 9.57. The van der Waals surface area contributed by atoms with Gasteiger partial charge in [-0.15, -0.1) is 0 Å². The number of ether oxygens (including phenoxy) is 4. The Balaban J connectivity index is 0.000000184. The minimum Gasteiger partial charge on any atom is -0.497 e. The second-order valence-electron chi connectivity index (χ2n) is 20.0. The average molecular weight is 953 g/mol. The molecule has 2 aliphatic rings. The first kappa shape index (κ1) is 49.9. The molecule has 8 aromatic carbocycles. The van der Waals surface area contributed by atoms with Gasteiger partial charge in [-0.3, -0.25) is 0 Å². The highest BCUT2D eigenvalue weighted by molar-refractivity contribution is 5.88. The molecular weight excluding hydrogens is 881 g/mol. The van der Waals surface area contributed by atoms with Crippen LogP contribution in [0.5, 0.6) is 23.0 Å². The molecule has 0 aromatic heterocycles. The Labute approximate surface area is 430 Å². The van der Waals surface area contributed by atoms with Crippen molar-refractivity contribution in [1.82, 2.24) is 0 Å². The molecule has 0 saturated heterocycles. The van der Waals surface area contributed by atoms with Gasteiger partial charge >= 0.3 is 0 Å². The zero-order valence-electron chi connectivity index (χ0n) is 43.9. The van der Waals surface area contributed by atoms with E-state index in [1.165, 1.54) is 128 Å². The van der Waals surface area contributed by atoms with Gasteiger partial charge in [0, 0.05) is 0 Å². The minimum absolute atomic E-state index is 0.402. The van der Waals surface area contributed by atoms with Gasteiger partial charge in [0.05, 0.1) is 38.3 Å². The van der Waals surface area contributed by atoms with Crippen molar-refractivity contribution in [3.8, 4) is 45.3 Å². The van der Waals surface area contributed by atoms with E-state index in [1.807, 2.05) is 0 Å². The first-order chi connectivity index (χ1) is 35.1. The summed E-state index contributed by atoms with van der Waals surface area (Å²) in [6, 6.07) is 62.3. The lowest BCUT2D eigenvalue weighted by molar-refractivity contribution is 0.305. The van der Waals surface area contributed by atoms with Crippen molar-refractivity contribution in [2.45, 2.75) is 104 Å². The quantitative estimate of drug-likeness (QED) is 0.0803. The first-order valence-corrected chi connectivity index (χ1v) is 26.4. The maximum atomic E-state index is 6.15. The highest BCUT2D eigenvalue weighted by Crippen LogP contribution is 2.58. The molecule has 4 heteroatoms. The molecule has 0 atom stereocenters. The second-order valence-corrected chi connectivity index (χ2v) is 20.0. The lowest BCUT2D eigenvalue weighted by Crippen LogP contribution is -2.28. The predicted molar refractivity (Wildman–Crippen MR) is 299 cm³/mol. The number of rotatable bonds is 18. The van der Waals surface area contributed by atoms with Crippen LogP contribution in [0.4, 0.5) is 0 Å². The van der Waals surface area contributed by atoms with Gasteiger partial charge in [0.15, 0.2) is 0 Å². The van der Waals surface area contributed by atoms with Gasteiger partial charge in [0.1, 0.15) is 23.0 Å². The molecule has 0 amide bonds. The second kappa shape index (κ2) is 22.2. The van der Waals surface area contributed by atoms with Crippen molar-refractivity contribution < 1.29 is 18.9 Å². The zero-order valence-corrected chi connectivity index (χ0v) is 43.9. The smallest absolute Gasteiger partial charge is 0.119 e. The predicted octanol–water partition coefficient (Wildman–Crippen LogP) is 17.3. The molecule has 0 saturated carbocycles. The first-order valence-electron chi connectivity index (χ1n) is 26.4. The van der Waals surface area contributed by atoms with Crippen LogP contribution in [-0.2, 0) is 10.8 Å². The van der Waals surface area contributed by atoms with Gasteiger partial charge in [-0.2, -0.15) is 0 Å². The monoisotopic (exact) mass is 953 g/mol. The summed E-state index contributed by atoms with van der Waals surface area (Å²) in [4.78, 5) is 0. The van der Waals surface area contributed by atoms with E-state index in [0.29, 0.717) is 0 Å². The molecule has 0 spiro atoms. The highest BCUT2D eigenvalue weighted by Gasteiger charge is 2.48. The fourth-order valence-corrected chi connectivity index (χ4v) is 11.4. The fourth-order valence-electron chi connectivity index (χ4n) is 11.4. The molecule has 0 radical (unpaired) electrons. The SMILES string of the molecule is CCCCCCOc1ccc(C2(c3ccc(OCCCCCC)cc3)c3cc(C)ccc3-c3ccc(C)cc32)cc1.COc1ccc(C2(c3ccc(OC)cc3)c3cc(C)ccc3-c3ccc(C)cc32)cc1. The molecule has 0 bridgehead atoms. The summed E-state index contributed by atoms with van der Waals surface area (Å²) in [5.41, 5.74) is 19.8. The maximum absolute atomic E-state index is 6.15. The van der Waals surface area contributed by atoms with E-state index in [0.717, 1.165) is 49.1 Å².